The Bertz CT molecular complexity index is 741. The second-order valence-corrected chi connectivity index (χ2v) is 4.70. The number of aryl methyl sites for hydroxylation is 2. The van der Waals surface area contributed by atoms with Gasteiger partial charge in [0.1, 0.15) is 5.76 Å². The summed E-state index contributed by atoms with van der Waals surface area (Å²) >= 11 is 0. The average molecular weight is 268 g/mol. The molecule has 0 saturated carbocycles. The van der Waals surface area contributed by atoms with E-state index in [0.717, 1.165) is 34.4 Å². The Labute approximate surface area is 117 Å². The SMILES string of the molecule is CCc1occc1-c1onc(N)c1-c1ccccc1C. The third-order valence-electron chi connectivity index (χ3n) is 3.44. The zero-order chi connectivity index (χ0) is 14.1. The summed E-state index contributed by atoms with van der Waals surface area (Å²) in [4.78, 5) is 0. The summed E-state index contributed by atoms with van der Waals surface area (Å²) in [5.74, 6) is 1.94. The molecule has 0 atom stereocenters. The summed E-state index contributed by atoms with van der Waals surface area (Å²) in [5, 5.41) is 3.93. The van der Waals surface area contributed by atoms with E-state index in [0.29, 0.717) is 11.6 Å². The number of rotatable bonds is 3. The maximum atomic E-state index is 6.00. The van der Waals surface area contributed by atoms with Crippen LogP contribution in [0.4, 0.5) is 5.82 Å². The van der Waals surface area contributed by atoms with Gasteiger partial charge in [-0.1, -0.05) is 36.3 Å². The fraction of sp³-hybridized carbons (Fsp3) is 0.188. The first kappa shape index (κ1) is 12.5. The van der Waals surface area contributed by atoms with E-state index in [1.807, 2.05) is 44.2 Å². The molecular weight excluding hydrogens is 252 g/mol. The lowest BCUT2D eigenvalue weighted by molar-refractivity contribution is 0.433. The summed E-state index contributed by atoms with van der Waals surface area (Å²) in [6, 6.07) is 9.93. The molecule has 2 N–H and O–H groups in total. The largest absolute Gasteiger partial charge is 0.469 e. The number of hydrogen-bond acceptors (Lipinski definition) is 4. The summed E-state index contributed by atoms with van der Waals surface area (Å²) in [6.07, 6.45) is 2.45. The normalized spacial score (nSPS) is 10.9. The van der Waals surface area contributed by atoms with Crippen LogP contribution < -0.4 is 5.73 Å². The van der Waals surface area contributed by atoms with Crippen molar-refractivity contribution >= 4 is 5.82 Å². The van der Waals surface area contributed by atoms with Crippen molar-refractivity contribution in [3.05, 3.63) is 47.9 Å². The van der Waals surface area contributed by atoms with Gasteiger partial charge in [0.15, 0.2) is 11.6 Å². The van der Waals surface area contributed by atoms with Crippen LogP contribution in [0.15, 0.2) is 45.5 Å². The first-order valence-corrected chi connectivity index (χ1v) is 6.60. The van der Waals surface area contributed by atoms with Gasteiger partial charge in [-0.05, 0) is 24.1 Å². The first-order chi connectivity index (χ1) is 9.72. The van der Waals surface area contributed by atoms with Crippen LogP contribution in [-0.4, -0.2) is 5.16 Å². The van der Waals surface area contributed by atoms with Crippen molar-refractivity contribution in [1.29, 1.82) is 0 Å². The highest BCUT2D eigenvalue weighted by Gasteiger charge is 2.21. The van der Waals surface area contributed by atoms with E-state index in [4.69, 9.17) is 14.7 Å². The number of furan rings is 1. The molecule has 0 saturated heterocycles. The van der Waals surface area contributed by atoms with Crippen molar-refractivity contribution in [2.75, 3.05) is 5.73 Å². The quantitative estimate of drug-likeness (QED) is 0.778. The van der Waals surface area contributed by atoms with Crippen molar-refractivity contribution in [2.24, 2.45) is 0 Å². The molecule has 0 spiro atoms. The Kier molecular flexibility index (Phi) is 3.06. The van der Waals surface area contributed by atoms with Gasteiger partial charge in [0, 0.05) is 6.42 Å². The molecule has 0 bridgehead atoms. The molecule has 0 aliphatic rings. The molecule has 0 aliphatic heterocycles. The summed E-state index contributed by atoms with van der Waals surface area (Å²) < 4.78 is 10.9. The van der Waals surface area contributed by atoms with Crippen molar-refractivity contribution < 1.29 is 8.94 Å². The molecule has 0 amide bonds. The highest BCUT2D eigenvalue weighted by molar-refractivity contribution is 5.88. The Hall–Kier alpha value is -2.49. The smallest absolute Gasteiger partial charge is 0.180 e. The lowest BCUT2D eigenvalue weighted by Crippen LogP contribution is -1.91. The summed E-state index contributed by atoms with van der Waals surface area (Å²) in [5.41, 5.74) is 9.91. The molecule has 20 heavy (non-hydrogen) atoms. The van der Waals surface area contributed by atoms with Crippen LogP contribution in [0.3, 0.4) is 0 Å². The minimum Gasteiger partial charge on any atom is -0.469 e. The molecule has 2 heterocycles. The molecule has 102 valence electrons. The van der Waals surface area contributed by atoms with Gasteiger partial charge in [-0.25, -0.2) is 0 Å². The fourth-order valence-corrected chi connectivity index (χ4v) is 2.42. The molecule has 1 aromatic carbocycles. The highest BCUT2D eigenvalue weighted by Crippen LogP contribution is 2.39. The molecule has 3 rings (SSSR count). The minimum atomic E-state index is 0.401. The van der Waals surface area contributed by atoms with Gasteiger partial charge >= 0.3 is 0 Å². The standard InChI is InChI=1S/C16H16N2O2/c1-3-13-12(8-9-19-13)15-14(16(17)18-20-15)11-7-5-4-6-10(11)2/h4-9H,3H2,1-2H3,(H2,17,18). The third-order valence-corrected chi connectivity index (χ3v) is 3.44. The average Bonchev–Trinajstić information content (AvgIpc) is 3.05. The van der Waals surface area contributed by atoms with E-state index in [1.54, 1.807) is 6.26 Å². The maximum absolute atomic E-state index is 6.00. The lowest BCUT2D eigenvalue weighted by Gasteiger charge is -2.05. The molecular formula is C16H16N2O2. The van der Waals surface area contributed by atoms with Crippen molar-refractivity contribution in [3.63, 3.8) is 0 Å². The molecule has 0 aliphatic carbocycles. The van der Waals surface area contributed by atoms with Crippen LogP contribution in [0.2, 0.25) is 0 Å². The second kappa shape index (κ2) is 4.89. The zero-order valence-corrected chi connectivity index (χ0v) is 11.5. The van der Waals surface area contributed by atoms with Gasteiger partial charge in [-0.3, -0.25) is 0 Å². The molecule has 4 nitrogen and oxygen atoms in total. The van der Waals surface area contributed by atoms with Crippen LogP contribution in [0.5, 0.6) is 0 Å². The van der Waals surface area contributed by atoms with Gasteiger partial charge in [-0.15, -0.1) is 0 Å². The third kappa shape index (κ3) is 1.90. The zero-order valence-electron chi connectivity index (χ0n) is 11.5. The van der Waals surface area contributed by atoms with Gasteiger partial charge in [0.05, 0.1) is 17.4 Å². The first-order valence-electron chi connectivity index (χ1n) is 6.60. The van der Waals surface area contributed by atoms with Crippen LogP contribution >= 0.6 is 0 Å². The fourth-order valence-electron chi connectivity index (χ4n) is 2.42. The summed E-state index contributed by atoms with van der Waals surface area (Å²) in [7, 11) is 0. The van der Waals surface area contributed by atoms with E-state index in [-0.39, 0.29) is 0 Å². The topological polar surface area (TPSA) is 65.2 Å². The molecule has 0 fully saturated rings. The lowest BCUT2D eigenvalue weighted by atomic mass is 9.97. The van der Waals surface area contributed by atoms with E-state index in [2.05, 4.69) is 5.16 Å². The number of nitrogen functional groups attached to an aromatic ring is 1. The Balaban J connectivity index is 2.23. The van der Waals surface area contributed by atoms with Crippen LogP contribution in [0.25, 0.3) is 22.5 Å². The predicted octanol–water partition coefficient (Wildman–Crippen LogP) is 4.05. The number of anilines is 1. The van der Waals surface area contributed by atoms with Gasteiger partial charge in [-0.2, -0.15) is 0 Å². The number of nitrogens with two attached hydrogens (primary N) is 1. The van der Waals surface area contributed by atoms with E-state index >= 15 is 0 Å². The predicted molar refractivity (Wildman–Crippen MR) is 78.2 cm³/mol. The Morgan fingerprint density at radius 3 is 2.70 bits per heavy atom. The second-order valence-electron chi connectivity index (χ2n) is 4.70. The number of nitrogens with zero attached hydrogens (tertiary/aromatic N) is 1. The van der Waals surface area contributed by atoms with Gasteiger partial charge < -0.3 is 14.7 Å². The van der Waals surface area contributed by atoms with Crippen LogP contribution in [0, 0.1) is 6.92 Å². The molecule has 4 heteroatoms. The van der Waals surface area contributed by atoms with E-state index in [9.17, 15) is 0 Å². The van der Waals surface area contributed by atoms with Crippen molar-refractivity contribution in [2.45, 2.75) is 20.3 Å². The van der Waals surface area contributed by atoms with Gasteiger partial charge in [0.2, 0.25) is 0 Å². The maximum Gasteiger partial charge on any atom is 0.180 e. The van der Waals surface area contributed by atoms with Crippen molar-refractivity contribution in [1.82, 2.24) is 5.16 Å². The van der Waals surface area contributed by atoms with Crippen molar-refractivity contribution in [3.8, 4) is 22.5 Å². The molecule has 0 radical (unpaired) electrons. The summed E-state index contributed by atoms with van der Waals surface area (Å²) in [6.45, 7) is 4.08. The Morgan fingerprint density at radius 1 is 1.15 bits per heavy atom. The van der Waals surface area contributed by atoms with Gasteiger partial charge in [0.25, 0.3) is 0 Å². The Morgan fingerprint density at radius 2 is 1.95 bits per heavy atom. The van der Waals surface area contributed by atoms with Crippen LogP contribution in [0.1, 0.15) is 18.2 Å². The number of hydrogen-bond donors (Lipinski definition) is 1. The number of benzene rings is 1. The highest BCUT2D eigenvalue weighted by atomic mass is 16.5. The molecule has 0 unspecified atom stereocenters. The number of aromatic nitrogens is 1. The van der Waals surface area contributed by atoms with Crippen LogP contribution in [-0.2, 0) is 6.42 Å². The minimum absolute atomic E-state index is 0.401. The molecule has 2 aromatic heterocycles. The molecule has 3 aromatic rings. The van der Waals surface area contributed by atoms with E-state index < -0.39 is 0 Å². The monoisotopic (exact) mass is 268 g/mol. The van der Waals surface area contributed by atoms with E-state index in [1.165, 1.54) is 0 Å².